The van der Waals surface area contributed by atoms with Crippen molar-refractivity contribution in [3.63, 3.8) is 0 Å². The molecule has 0 aliphatic carbocycles. The van der Waals surface area contributed by atoms with Crippen LogP contribution in [-0.2, 0) is 0 Å². The minimum absolute atomic E-state index is 0.110. The van der Waals surface area contributed by atoms with Crippen molar-refractivity contribution in [2.75, 3.05) is 28.6 Å². The van der Waals surface area contributed by atoms with Crippen LogP contribution in [-0.4, -0.2) is 29.0 Å². The molecule has 0 spiro atoms. The van der Waals surface area contributed by atoms with Crippen molar-refractivity contribution in [2.45, 2.75) is 19.3 Å². The van der Waals surface area contributed by atoms with Crippen LogP contribution < -0.4 is 15.5 Å². The van der Waals surface area contributed by atoms with Gasteiger partial charge in [-0.1, -0.05) is 12.1 Å². The summed E-state index contributed by atoms with van der Waals surface area (Å²) in [5.41, 5.74) is 2.29. The number of anilines is 4. The Labute approximate surface area is 168 Å². The van der Waals surface area contributed by atoms with Crippen LogP contribution in [0.5, 0.6) is 0 Å². The summed E-state index contributed by atoms with van der Waals surface area (Å²) in [6, 6.07) is 15.6. The number of halogens is 1. The first kappa shape index (κ1) is 18.9. The summed E-state index contributed by atoms with van der Waals surface area (Å²) in [4.78, 5) is 23.2. The number of benzene rings is 2. The second-order valence-corrected chi connectivity index (χ2v) is 6.92. The quantitative estimate of drug-likeness (QED) is 0.665. The van der Waals surface area contributed by atoms with Gasteiger partial charge in [-0.05, 0) is 61.7 Å². The van der Waals surface area contributed by atoms with Gasteiger partial charge in [0.1, 0.15) is 11.5 Å². The van der Waals surface area contributed by atoms with Crippen molar-refractivity contribution in [3.05, 3.63) is 72.3 Å². The van der Waals surface area contributed by atoms with E-state index in [-0.39, 0.29) is 11.4 Å². The van der Waals surface area contributed by atoms with E-state index in [9.17, 15) is 9.18 Å². The highest BCUT2D eigenvalue weighted by Crippen LogP contribution is 2.23. The Morgan fingerprint density at radius 2 is 1.72 bits per heavy atom. The molecular weight excluding hydrogens is 369 g/mol. The Morgan fingerprint density at radius 1 is 0.966 bits per heavy atom. The first-order valence-electron chi connectivity index (χ1n) is 9.70. The van der Waals surface area contributed by atoms with Gasteiger partial charge in [0.2, 0.25) is 5.95 Å². The molecule has 7 heteroatoms. The van der Waals surface area contributed by atoms with E-state index in [1.54, 1.807) is 12.1 Å². The number of carbonyl (C=O) groups is 1. The lowest BCUT2D eigenvalue weighted by molar-refractivity contribution is 0.102. The molecule has 0 radical (unpaired) electrons. The van der Waals surface area contributed by atoms with E-state index >= 15 is 0 Å². The largest absolute Gasteiger partial charge is 0.372 e. The Balaban J connectivity index is 1.43. The van der Waals surface area contributed by atoms with Gasteiger partial charge in [-0.2, -0.15) is 0 Å². The molecule has 0 bridgehead atoms. The van der Waals surface area contributed by atoms with Crippen LogP contribution in [0.3, 0.4) is 0 Å². The number of nitrogens with one attached hydrogen (secondary N) is 2. The van der Waals surface area contributed by atoms with Crippen LogP contribution >= 0.6 is 0 Å². The first-order chi connectivity index (χ1) is 14.2. The zero-order valence-corrected chi connectivity index (χ0v) is 15.9. The second kappa shape index (κ2) is 8.68. The molecule has 148 valence electrons. The van der Waals surface area contributed by atoms with Crippen molar-refractivity contribution >= 4 is 28.9 Å². The minimum Gasteiger partial charge on any atom is -0.372 e. The maximum Gasteiger partial charge on any atom is 0.274 e. The van der Waals surface area contributed by atoms with Gasteiger partial charge in [0, 0.05) is 30.7 Å². The molecule has 2 heterocycles. The van der Waals surface area contributed by atoms with E-state index in [2.05, 4.69) is 37.6 Å². The Morgan fingerprint density at radius 3 is 2.48 bits per heavy atom. The van der Waals surface area contributed by atoms with Crippen molar-refractivity contribution < 1.29 is 9.18 Å². The Bertz CT molecular complexity index is 987. The fourth-order valence-corrected chi connectivity index (χ4v) is 3.33. The number of hydrogen-bond donors (Lipinski definition) is 2. The lowest BCUT2D eigenvalue weighted by atomic mass is 10.1. The summed E-state index contributed by atoms with van der Waals surface area (Å²) >= 11 is 0. The summed E-state index contributed by atoms with van der Waals surface area (Å²) in [6.07, 6.45) is 5.26. The molecule has 6 nitrogen and oxygen atoms in total. The lowest BCUT2D eigenvalue weighted by Gasteiger charge is -2.28. The topological polar surface area (TPSA) is 70.2 Å². The second-order valence-electron chi connectivity index (χ2n) is 6.92. The van der Waals surface area contributed by atoms with Crippen LogP contribution in [0.2, 0.25) is 0 Å². The third kappa shape index (κ3) is 4.68. The molecule has 1 fully saturated rings. The zero-order valence-electron chi connectivity index (χ0n) is 15.9. The van der Waals surface area contributed by atoms with Gasteiger partial charge in [0.25, 0.3) is 5.91 Å². The van der Waals surface area contributed by atoms with Crippen LogP contribution in [0.4, 0.5) is 27.4 Å². The van der Waals surface area contributed by atoms with Crippen molar-refractivity contribution in [2.24, 2.45) is 0 Å². The number of nitrogens with zero attached hydrogens (tertiary/aromatic N) is 3. The molecule has 29 heavy (non-hydrogen) atoms. The smallest absolute Gasteiger partial charge is 0.274 e. The zero-order chi connectivity index (χ0) is 20.1. The number of hydrogen-bond acceptors (Lipinski definition) is 5. The highest BCUT2D eigenvalue weighted by Gasteiger charge is 2.13. The molecule has 1 amide bonds. The van der Waals surface area contributed by atoms with Gasteiger partial charge in [-0.15, -0.1) is 0 Å². The van der Waals surface area contributed by atoms with E-state index < -0.39 is 11.7 Å². The molecular formula is C22H22FN5O. The molecule has 1 aliphatic rings. The van der Waals surface area contributed by atoms with Gasteiger partial charge < -0.3 is 15.5 Å². The monoisotopic (exact) mass is 391 g/mol. The maximum atomic E-state index is 13.7. The van der Waals surface area contributed by atoms with E-state index in [1.807, 2.05) is 12.1 Å². The normalized spacial score (nSPS) is 13.8. The fourth-order valence-electron chi connectivity index (χ4n) is 3.33. The fraction of sp³-hybridized carbons (Fsp3) is 0.227. The minimum atomic E-state index is -0.499. The summed E-state index contributed by atoms with van der Waals surface area (Å²) < 4.78 is 13.7. The maximum absolute atomic E-state index is 13.7. The summed E-state index contributed by atoms with van der Waals surface area (Å²) in [6.45, 7) is 2.18. The third-order valence-electron chi connectivity index (χ3n) is 4.85. The number of rotatable bonds is 5. The van der Waals surface area contributed by atoms with Gasteiger partial charge in [0.15, 0.2) is 0 Å². The van der Waals surface area contributed by atoms with Crippen LogP contribution in [0.25, 0.3) is 0 Å². The Kier molecular flexibility index (Phi) is 5.65. The first-order valence-corrected chi connectivity index (χ1v) is 9.70. The molecule has 2 aromatic carbocycles. The molecule has 1 saturated heterocycles. The SMILES string of the molecule is O=C(Nc1ccccc1F)c1ccnc(Nc2ccc(N3CCCCC3)cc2)n1. The van der Waals surface area contributed by atoms with Gasteiger partial charge in [-0.25, -0.2) is 14.4 Å². The van der Waals surface area contributed by atoms with E-state index in [0.717, 1.165) is 18.8 Å². The molecule has 2 N–H and O–H groups in total. The van der Waals surface area contributed by atoms with E-state index in [1.165, 1.54) is 49.3 Å². The molecule has 3 aromatic rings. The average Bonchev–Trinajstić information content (AvgIpc) is 2.77. The Hall–Kier alpha value is -3.48. The van der Waals surface area contributed by atoms with Crippen molar-refractivity contribution in [1.29, 1.82) is 0 Å². The number of para-hydroxylation sites is 1. The highest BCUT2D eigenvalue weighted by molar-refractivity contribution is 6.03. The van der Waals surface area contributed by atoms with E-state index in [0.29, 0.717) is 5.95 Å². The summed E-state index contributed by atoms with van der Waals surface area (Å²) in [7, 11) is 0. The van der Waals surface area contributed by atoms with Crippen molar-refractivity contribution in [3.8, 4) is 0 Å². The molecule has 4 rings (SSSR count). The standard InChI is InChI=1S/C22H22FN5O/c23-18-6-2-3-7-19(18)26-21(29)20-12-13-24-22(27-20)25-16-8-10-17(11-9-16)28-14-4-1-5-15-28/h2-3,6-13H,1,4-5,14-15H2,(H,26,29)(H,24,25,27). The molecule has 1 aromatic heterocycles. The predicted octanol–water partition coefficient (Wildman–Crippen LogP) is 4.60. The number of carbonyl (C=O) groups excluding carboxylic acids is 1. The summed E-state index contributed by atoms with van der Waals surface area (Å²) in [5.74, 6) is -0.694. The predicted molar refractivity (Wildman–Crippen MR) is 112 cm³/mol. The van der Waals surface area contributed by atoms with Crippen LogP contribution in [0, 0.1) is 5.82 Å². The van der Waals surface area contributed by atoms with Gasteiger partial charge in [-0.3, -0.25) is 4.79 Å². The van der Waals surface area contributed by atoms with Gasteiger partial charge >= 0.3 is 0 Å². The summed E-state index contributed by atoms with van der Waals surface area (Å²) in [5, 5.41) is 5.63. The number of amides is 1. The third-order valence-corrected chi connectivity index (χ3v) is 4.85. The van der Waals surface area contributed by atoms with Crippen LogP contribution in [0.15, 0.2) is 60.8 Å². The number of piperidine rings is 1. The average molecular weight is 391 g/mol. The molecule has 0 saturated carbocycles. The van der Waals surface area contributed by atoms with Crippen LogP contribution in [0.1, 0.15) is 29.8 Å². The van der Waals surface area contributed by atoms with E-state index in [4.69, 9.17) is 0 Å². The number of aromatic nitrogens is 2. The highest BCUT2D eigenvalue weighted by atomic mass is 19.1. The molecule has 1 aliphatic heterocycles. The lowest BCUT2D eigenvalue weighted by Crippen LogP contribution is -2.29. The van der Waals surface area contributed by atoms with Crippen molar-refractivity contribution in [1.82, 2.24) is 9.97 Å². The van der Waals surface area contributed by atoms with Gasteiger partial charge in [0.05, 0.1) is 5.69 Å². The molecule has 0 unspecified atom stereocenters. The molecule has 0 atom stereocenters.